The van der Waals surface area contributed by atoms with E-state index in [1.165, 1.54) is 6.42 Å². The van der Waals surface area contributed by atoms with Gasteiger partial charge in [-0.1, -0.05) is 12.2 Å². The summed E-state index contributed by atoms with van der Waals surface area (Å²) in [5, 5.41) is 0. The first-order chi connectivity index (χ1) is 6.86. The van der Waals surface area contributed by atoms with Crippen molar-refractivity contribution < 1.29 is 4.79 Å². The van der Waals surface area contributed by atoms with E-state index < -0.39 is 0 Å². The second kappa shape index (κ2) is 4.87. The van der Waals surface area contributed by atoms with E-state index >= 15 is 0 Å². The average Bonchev–Trinajstić information content (AvgIpc) is 2.72. The first-order valence-corrected chi connectivity index (χ1v) is 6.54. The highest BCUT2D eigenvalue weighted by Gasteiger charge is 2.20. The Kier molecular flexibility index (Phi) is 3.51. The van der Waals surface area contributed by atoms with Crippen LogP contribution in [0.15, 0.2) is 12.2 Å². The molecule has 2 rings (SSSR count). The zero-order valence-corrected chi connectivity index (χ0v) is 9.26. The van der Waals surface area contributed by atoms with Gasteiger partial charge in [0.15, 0.2) is 0 Å². The number of thioether (sulfide) groups is 1. The molecule has 1 fully saturated rings. The summed E-state index contributed by atoms with van der Waals surface area (Å²) in [6.07, 6.45) is 7.48. The lowest BCUT2D eigenvalue weighted by Gasteiger charge is -2.27. The largest absolute Gasteiger partial charge is 0.341 e. The molecule has 0 aromatic heterocycles. The summed E-state index contributed by atoms with van der Waals surface area (Å²) in [5.41, 5.74) is 0. The summed E-state index contributed by atoms with van der Waals surface area (Å²) in [5.74, 6) is 3.12. The SMILES string of the molecule is O=C(C[C@@H]1C=CCC1)N1CCSCC1. The van der Waals surface area contributed by atoms with Gasteiger partial charge in [0.2, 0.25) is 5.91 Å². The number of hydrogen-bond donors (Lipinski definition) is 0. The van der Waals surface area contributed by atoms with Gasteiger partial charge in [0.25, 0.3) is 0 Å². The minimum atomic E-state index is 0.363. The molecule has 1 saturated heterocycles. The first-order valence-electron chi connectivity index (χ1n) is 5.38. The lowest BCUT2D eigenvalue weighted by Crippen LogP contribution is -2.38. The normalized spacial score (nSPS) is 26.9. The fraction of sp³-hybridized carbons (Fsp3) is 0.727. The third-order valence-corrected chi connectivity index (χ3v) is 3.86. The number of rotatable bonds is 2. The summed E-state index contributed by atoms with van der Waals surface area (Å²) >= 11 is 1.95. The van der Waals surface area contributed by atoms with Gasteiger partial charge in [0.1, 0.15) is 0 Å². The molecule has 0 spiro atoms. The van der Waals surface area contributed by atoms with Crippen molar-refractivity contribution in [2.24, 2.45) is 5.92 Å². The summed E-state index contributed by atoms with van der Waals surface area (Å²) in [6, 6.07) is 0. The van der Waals surface area contributed by atoms with Gasteiger partial charge in [-0.05, 0) is 18.8 Å². The molecule has 0 aromatic carbocycles. The van der Waals surface area contributed by atoms with Gasteiger partial charge in [-0.3, -0.25) is 4.79 Å². The summed E-state index contributed by atoms with van der Waals surface area (Å²) in [4.78, 5) is 13.9. The molecule has 1 aliphatic carbocycles. The van der Waals surface area contributed by atoms with Crippen LogP contribution in [0.25, 0.3) is 0 Å². The molecular formula is C11H17NOS. The van der Waals surface area contributed by atoms with Crippen molar-refractivity contribution in [2.75, 3.05) is 24.6 Å². The van der Waals surface area contributed by atoms with Gasteiger partial charge < -0.3 is 4.90 Å². The van der Waals surface area contributed by atoms with E-state index in [9.17, 15) is 4.79 Å². The van der Waals surface area contributed by atoms with Crippen LogP contribution in [0.3, 0.4) is 0 Å². The Labute approximate surface area is 89.7 Å². The monoisotopic (exact) mass is 211 g/mol. The van der Waals surface area contributed by atoms with Gasteiger partial charge >= 0.3 is 0 Å². The number of carbonyl (C=O) groups is 1. The fourth-order valence-electron chi connectivity index (χ4n) is 2.03. The molecule has 1 amide bonds. The van der Waals surface area contributed by atoms with Crippen molar-refractivity contribution in [3.63, 3.8) is 0 Å². The molecule has 0 saturated carbocycles. The Bertz CT molecular complexity index is 233. The number of allylic oxidation sites excluding steroid dienone is 2. The van der Waals surface area contributed by atoms with Crippen molar-refractivity contribution in [1.29, 1.82) is 0 Å². The highest BCUT2D eigenvalue weighted by atomic mass is 32.2. The highest BCUT2D eigenvalue weighted by molar-refractivity contribution is 7.99. The first kappa shape index (κ1) is 10.1. The molecule has 1 atom stereocenters. The van der Waals surface area contributed by atoms with Crippen LogP contribution >= 0.6 is 11.8 Å². The zero-order valence-electron chi connectivity index (χ0n) is 8.45. The zero-order chi connectivity index (χ0) is 9.80. The van der Waals surface area contributed by atoms with Crippen molar-refractivity contribution >= 4 is 17.7 Å². The Balaban J connectivity index is 1.78. The predicted octanol–water partition coefficient (Wildman–Crippen LogP) is 1.92. The molecule has 0 aromatic rings. The summed E-state index contributed by atoms with van der Waals surface area (Å²) in [7, 11) is 0. The number of hydrogen-bond acceptors (Lipinski definition) is 2. The van der Waals surface area contributed by atoms with Crippen LogP contribution in [-0.2, 0) is 4.79 Å². The van der Waals surface area contributed by atoms with Crippen LogP contribution in [0, 0.1) is 5.92 Å². The molecule has 78 valence electrons. The lowest BCUT2D eigenvalue weighted by molar-refractivity contribution is -0.131. The molecule has 2 aliphatic rings. The van der Waals surface area contributed by atoms with E-state index in [1.807, 2.05) is 16.7 Å². The maximum atomic E-state index is 11.8. The molecule has 0 bridgehead atoms. The molecule has 1 aliphatic heterocycles. The third kappa shape index (κ3) is 2.53. The molecular weight excluding hydrogens is 194 g/mol. The van der Waals surface area contributed by atoms with Gasteiger partial charge in [0.05, 0.1) is 0 Å². The Morgan fingerprint density at radius 3 is 2.86 bits per heavy atom. The topological polar surface area (TPSA) is 20.3 Å². The smallest absolute Gasteiger partial charge is 0.223 e. The van der Waals surface area contributed by atoms with Gasteiger partial charge in [-0.2, -0.15) is 11.8 Å². The molecule has 0 N–H and O–H groups in total. The number of nitrogens with zero attached hydrogens (tertiary/aromatic N) is 1. The van der Waals surface area contributed by atoms with E-state index in [4.69, 9.17) is 0 Å². The Hall–Kier alpha value is -0.440. The van der Waals surface area contributed by atoms with E-state index in [0.717, 1.165) is 37.4 Å². The number of carbonyl (C=O) groups excluding carboxylic acids is 1. The van der Waals surface area contributed by atoms with Crippen LogP contribution in [0.4, 0.5) is 0 Å². The Morgan fingerprint density at radius 2 is 2.21 bits per heavy atom. The second-order valence-electron chi connectivity index (χ2n) is 3.96. The van der Waals surface area contributed by atoms with E-state index in [2.05, 4.69) is 12.2 Å². The maximum absolute atomic E-state index is 11.8. The van der Waals surface area contributed by atoms with Crippen LogP contribution in [0.5, 0.6) is 0 Å². The molecule has 0 radical (unpaired) electrons. The molecule has 14 heavy (non-hydrogen) atoms. The summed E-state index contributed by atoms with van der Waals surface area (Å²) < 4.78 is 0. The molecule has 3 heteroatoms. The molecule has 0 unspecified atom stereocenters. The lowest BCUT2D eigenvalue weighted by atomic mass is 10.0. The standard InChI is InChI=1S/C11H17NOS/c13-11(9-10-3-1-2-4-10)12-5-7-14-8-6-12/h1,3,10H,2,4-9H2/t10-/m1/s1. The van der Waals surface area contributed by atoms with Crippen molar-refractivity contribution in [2.45, 2.75) is 19.3 Å². The third-order valence-electron chi connectivity index (χ3n) is 2.91. The van der Waals surface area contributed by atoms with Crippen molar-refractivity contribution in [1.82, 2.24) is 4.90 Å². The van der Waals surface area contributed by atoms with Gasteiger partial charge in [0, 0.05) is 31.0 Å². The quantitative estimate of drug-likeness (QED) is 0.650. The molecule has 1 heterocycles. The molecule has 2 nitrogen and oxygen atoms in total. The fourth-order valence-corrected chi connectivity index (χ4v) is 2.93. The van der Waals surface area contributed by atoms with Crippen molar-refractivity contribution in [3.05, 3.63) is 12.2 Å². The van der Waals surface area contributed by atoms with E-state index in [0.29, 0.717) is 11.8 Å². The van der Waals surface area contributed by atoms with Gasteiger partial charge in [-0.15, -0.1) is 0 Å². The summed E-state index contributed by atoms with van der Waals surface area (Å²) in [6.45, 7) is 1.92. The second-order valence-corrected chi connectivity index (χ2v) is 5.19. The van der Waals surface area contributed by atoms with Crippen LogP contribution in [0.2, 0.25) is 0 Å². The minimum absolute atomic E-state index is 0.363. The number of amides is 1. The predicted molar refractivity (Wildman–Crippen MR) is 60.4 cm³/mol. The highest BCUT2D eigenvalue weighted by Crippen LogP contribution is 2.22. The van der Waals surface area contributed by atoms with E-state index in [1.54, 1.807) is 0 Å². The van der Waals surface area contributed by atoms with Crippen LogP contribution in [-0.4, -0.2) is 35.4 Å². The van der Waals surface area contributed by atoms with Crippen LogP contribution in [0.1, 0.15) is 19.3 Å². The van der Waals surface area contributed by atoms with Crippen LogP contribution < -0.4 is 0 Å². The van der Waals surface area contributed by atoms with E-state index in [-0.39, 0.29) is 0 Å². The minimum Gasteiger partial charge on any atom is -0.341 e. The van der Waals surface area contributed by atoms with Gasteiger partial charge in [-0.25, -0.2) is 0 Å². The average molecular weight is 211 g/mol. The van der Waals surface area contributed by atoms with Crippen molar-refractivity contribution in [3.8, 4) is 0 Å². The maximum Gasteiger partial charge on any atom is 0.223 e. The Morgan fingerprint density at radius 1 is 1.43 bits per heavy atom.